The van der Waals surface area contributed by atoms with Gasteiger partial charge in [-0.3, -0.25) is 10.2 Å². The van der Waals surface area contributed by atoms with E-state index in [4.69, 9.17) is 9.15 Å². The average Bonchev–Trinajstić information content (AvgIpc) is 3.27. The summed E-state index contributed by atoms with van der Waals surface area (Å²) in [5.74, 6) is -0.0504. The van der Waals surface area contributed by atoms with Crippen LogP contribution in [0.15, 0.2) is 59.1 Å². The maximum Gasteiger partial charge on any atom is 0.331 e. The van der Waals surface area contributed by atoms with Gasteiger partial charge in [-0.15, -0.1) is 0 Å². The molecule has 2 amide bonds. The summed E-state index contributed by atoms with van der Waals surface area (Å²) in [4.78, 5) is 22.0. The first-order valence-corrected chi connectivity index (χ1v) is 8.70. The number of urea groups is 1. The molecule has 0 aliphatic carbocycles. The van der Waals surface area contributed by atoms with Crippen LogP contribution in [-0.2, 0) is 0 Å². The summed E-state index contributed by atoms with van der Waals surface area (Å²) in [6, 6.07) is 12.7. The molecule has 136 valence electrons. The molecule has 0 bridgehead atoms. The minimum Gasteiger partial charge on any atom is -0.445 e. The molecule has 9 heteroatoms. The number of nitrogens with zero attached hydrogens (tertiary/aromatic N) is 3. The largest absolute Gasteiger partial charge is 0.445 e. The molecular formula is C18H13FN4O3S. The number of hydrogen-bond acceptors (Lipinski definition) is 6. The van der Waals surface area contributed by atoms with Crippen LogP contribution in [0.3, 0.4) is 0 Å². The minimum absolute atomic E-state index is 0.168. The summed E-state index contributed by atoms with van der Waals surface area (Å²) < 4.78 is 24.3. The first-order valence-electron chi connectivity index (χ1n) is 7.88. The van der Waals surface area contributed by atoms with Crippen molar-refractivity contribution in [2.45, 2.75) is 0 Å². The monoisotopic (exact) mass is 384 g/mol. The lowest BCUT2D eigenvalue weighted by Gasteiger charge is -2.11. The smallest absolute Gasteiger partial charge is 0.331 e. The first-order chi connectivity index (χ1) is 13.1. The molecule has 1 N–H and O–H groups in total. The highest BCUT2D eigenvalue weighted by molar-refractivity contribution is 7.17. The molecule has 4 aromatic rings. The molecule has 2 aromatic heterocycles. The zero-order valence-corrected chi connectivity index (χ0v) is 14.9. The molecule has 0 spiro atoms. The summed E-state index contributed by atoms with van der Waals surface area (Å²) in [5.41, 5.74) is 1.25. The number of ether oxygens (including phenoxy) is 1. The van der Waals surface area contributed by atoms with Crippen molar-refractivity contribution in [2.75, 3.05) is 17.3 Å². The van der Waals surface area contributed by atoms with Gasteiger partial charge in [-0.25, -0.2) is 14.2 Å². The zero-order chi connectivity index (χ0) is 18.8. The van der Waals surface area contributed by atoms with Gasteiger partial charge in [0.2, 0.25) is 5.06 Å². The quantitative estimate of drug-likeness (QED) is 0.542. The van der Waals surface area contributed by atoms with Crippen molar-refractivity contribution in [3.63, 3.8) is 0 Å². The fourth-order valence-electron chi connectivity index (χ4n) is 2.28. The predicted octanol–water partition coefficient (Wildman–Crippen LogP) is 4.88. The third-order valence-corrected chi connectivity index (χ3v) is 4.38. The number of para-hydroxylation sites is 2. The van der Waals surface area contributed by atoms with Crippen LogP contribution in [0.1, 0.15) is 0 Å². The molecule has 7 nitrogen and oxygen atoms in total. The third kappa shape index (κ3) is 3.72. The van der Waals surface area contributed by atoms with Gasteiger partial charge in [0, 0.05) is 13.1 Å². The summed E-state index contributed by atoms with van der Waals surface area (Å²) in [6.07, 6.45) is 1.45. The molecule has 2 aromatic carbocycles. The van der Waals surface area contributed by atoms with Crippen LogP contribution >= 0.6 is 11.3 Å². The summed E-state index contributed by atoms with van der Waals surface area (Å²) in [6.45, 7) is 0. The fraction of sp³-hybridized carbons (Fsp3) is 0.0556. The van der Waals surface area contributed by atoms with E-state index in [1.54, 1.807) is 24.3 Å². The van der Waals surface area contributed by atoms with Crippen molar-refractivity contribution in [3.8, 4) is 10.8 Å². The van der Waals surface area contributed by atoms with Crippen LogP contribution in [0.2, 0.25) is 0 Å². The van der Waals surface area contributed by atoms with E-state index in [-0.39, 0.29) is 6.01 Å². The van der Waals surface area contributed by atoms with E-state index < -0.39 is 11.8 Å². The number of rotatable bonds is 4. The van der Waals surface area contributed by atoms with Crippen molar-refractivity contribution < 1.29 is 18.3 Å². The Morgan fingerprint density at radius 3 is 2.93 bits per heavy atom. The number of nitrogens with one attached hydrogen (secondary N) is 1. The molecule has 2 heterocycles. The van der Waals surface area contributed by atoms with Crippen molar-refractivity contribution in [2.24, 2.45) is 0 Å². The van der Waals surface area contributed by atoms with Gasteiger partial charge in [-0.1, -0.05) is 29.5 Å². The molecule has 0 saturated carbocycles. The third-order valence-electron chi connectivity index (χ3n) is 3.59. The molecule has 0 unspecified atom stereocenters. The fourth-order valence-corrected chi connectivity index (χ4v) is 2.95. The molecular weight excluding hydrogens is 371 g/mol. The number of aromatic nitrogens is 2. The lowest BCUT2D eigenvalue weighted by Crippen LogP contribution is -2.31. The Kier molecular flexibility index (Phi) is 4.43. The standard InChI is InChI=1S/C18H13FN4O3S/c1-23(18-21-13-7-2-3-8-14(13)26-18)17(24)22-16-20-10-15(27-16)25-12-6-4-5-11(19)9-12/h2-10H,1H3,(H,20,22,24). The van der Waals surface area contributed by atoms with Crippen LogP contribution < -0.4 is 15.0 Å². The van der Waals surface area contributed by atoms with E-state index in [1.165, 1.54) is 30.3 Å². The van der Waals surface area contributed by atoms with Crippen molar-refractivity contribution in [1.29, 1.82) is 0 Å². The van der Waals surface area contributed by atoms with Gasteiger partial charge in [0.05, 0.1) is 6.20 Å². The molecule has 4 rings (SSSR count). The molecule has 0 atom stereocenters. The maximum atomic E-state index is 13.2. The number of amides is 2. The van der Waals surface area contributed by atoms with Gasteiger partial charge in [0.25, 0.3) is 0 Å². The Hall–Kier alpha value is -3.46. The number of benzene rings is 2. The number of carbonyl (C=O) groups is 1. The van der Waals surface area contributed by atoms with Crippen LogP contribution in [0.4, 0.5) is 20.3 Å². The van der Waals surface area contributed by atoms with Crippen LogP contribution in [0.5, 0.6) is 10.8 Å². The van der Waals surface area contributed by atoms with E-state index in [2.05, 4.69) is 15.3 Å². The maximum absolute atomic E-state index is 13.2. The second kappa shape index (κ2) is 7.04. The number of thiazole rings is 1. The second-order valence-electron chi connectivity index (χ2n) is 5.50. The van der Waals surface area contributed by atoms with Gasteiger partial charge < -0.3 is 9.15 Å². The number of anilines is 2. The topological polar surface area (TPSA) is 80.5 Å². The van der Waals surface area contributed by atoms with Crippen molar-refractivity contribution in [1.82, 2.24) is 9.97 Å². The van der Waals surface area contributed by atoms with Gasteiger partial charge in [-0.2, -0.15) is 4.98 Å². The summed E-state index contributed by atoms with van der Waals surface area (Å²) in [7, 11) is 1.54. The molecule has 0 aliphatic rings. The lowest BCUT2D eigenvalue weighted by atomic mass is 10.3. The highest BCUT2D eigenvalue weighted by atomic mass is 32.1. The highest BCUT2D eigenvalue weighted by Crippen LogP contribution is 2.31. The van der Waals surface area contributed by atoms with Crippen molar-refractivity contribution in [3.05, 3.63) is 60.5 Å². The van der Waals surface area contributed by atoms with Crippen molar-refractivity contribution >= 4 is 39.6 Å². The van der Waals surface area contributed by atoms with Crippen LogP contribution in [-0.4, -0.2) is 23.0 Å². The zero-order valence-electron chi connectivity index (χ0n) is 14.0. The Balaban J connectivity index is 1.44. The molecule has 27 heavy (non-hydrogen) atoms. The van der Waals surface area contributed by atoms with E-state index in [1.807, 2.05) is 12.1 Å². The van der Waals surface area contributed by atoms with Crippen LogP contribution in [0.25, 0.3) is 11.1 Å². The van der Waals surface area contributed by atoms with E-state index >= 15 is 0 Å². The molecule has 0 aliphatic heterocycles. The number of oxazole rings is 1. The Morgan fingerprint density at radius 1 is 1.26 bits per heavy atom. The second-order valence-corrected chi connectivity index (χ2v) is 6.49. The van der Waals surface area contributed by atoms with Gasteiger partial charge in [0.1, 0.15) is 17.1 Å². The van der Waals surface area contributed by atoms with Gasteiger partial charge in [0.15, 0.2) is 10.7 Å². The average molecular weight is 384 g/mol. The SMILES string of the molecule is CN(C(=O)Nc1ncc(Oc2cccc(F)c2)s1)c1nc2ccccc2o1. The molecule has 0 saturated heterocycles. The normalized spacial score (nSPS) is 10.7. The van der Waals surface area contributed by atoms with E-state index in [0.29, 0.717) is 27.0 Å². The van der Waals surface area contributed by atoms with Crippen LogP contribution in [0, 0.1) is 5.82 Å². The van der Waals surface area contributed by atoms with E-state index in [9.17, 15) is 9.18 Å². The highest BCUT2D eigenvalue weighted by Gasteiger charge is 2.18. The number of fused-ring (bicyclic) bond motifs is 1. The number of carbonyl (C=O) groups excluding carboxylic acids is 1. The first kappa shape index (κ1) is 17.0. The predicted molar refractivity (Wildman–Crippen MR) is 100 cm³/mol. The summed E-state index contributed by atoms with van der Waals surface area (Å²) >= 11 is 1.11. The lowest BCUT2D eigenvalue weighted by molar-refractivity contribution is 0.257. The number of halogens is 1. The summed E-state index contributed by atoms with van der Waals surface area (Å²) in [5, 5.41) is 3.39. The van der Waals surface area contributed by atoms with Gasteiger partial charge >= 0.3 is 12.0 Å². The Labute approximate surface area is 157 Å². The van der Waals surface area contributed by atoms with Gasteiger partial charge in [-0.05, 0) is 24.3 Å². The molecule has 0 radical (unpaired) electrons. The van der Waals surface area contributed by atoms with E-state index in [0.717, 1.165) is 11.3 Å². The Morgan fingerprint density at radius 2 is 2.11 bits per heavy atom. The number of hydrogen-bond donors (Lipinski definition) is 1. The molecule has 0 fully saturated rings. The minimum atomic E-state index is -0.465. The Bertz CT molecular complexity index is 1080.